The van der Waals surface area contributed by atoms with Gasteiger partial charge in [0.15, 0.2) is 5.16 Å². The standard InChI is InChI=1S/C23H20N4O3S3/c1-2-10-27-21(29)19-16(17-9-6-11-31-17)13-32-20(19)26-23(27)33-14-18(28)25-22(30)24-12-15-7-4-3-5-8-15/h2-9,11,13H,1,10,12,14H2,(H2,24,25,28,30). The van der Waals surface area contributed by atoms with Gasteiger partial charge in [0.1, 0.15) is 4.83 Å². The van der Waals surface area contributed by atoms with Crippen LogP contribution in [-0.2, 0) is 17.9 Å². The largest absolute Gasteiger partial charge is 0.334 e. The van der Waals surface area contributed by atoms with Gasteiger partial charge in [-0.25, -0.2) is 9.78 Å². The van der Waals surface area contributed by atoms with Gasteiger partial charge in [0.05, 0.1) is 11.1 Å². The van der Waals surface area contributed by atoms with Gasteiger partial charge in [-0.2, -0.15) is 0 Å². The summed E-state index contributed by atoms with van der Waals surface area (Å²) in [7, 11) is 0. The van der Waals surface area contributed by atoms with E-state index in [0.29, 0.717) is 21.9 Å². The number of hydrogen-bond donors (Lipinski definition) is 2. The minimum Gasteiger partial charge on any atom is -0.334 e. The number of amides is 3. The van der Waals surface area contributed by atoms with E-state index in [9.17, 15) is 14.4 Å². The van der Waals surface area contributed by atoms with Gasteiger partial charge in [0, 0.05) is 28.9 Å². The molecule has 0 saturated carbocycles. The molecule has 7 nitrogen and oxygen atoms in total. The van der Waals surface area contributed by atoms with Gasteiger partial charge in [-0.05, 0) is 17.0 Å². The number of urea groups is 1. The summed E-state index contributed by atoms with van der Waals surface area (Å²) in [5.74, 6) is -0.535. The molecule has 0 unspecified atom stereocenters. The Morgan fingerprint density at radius 1 is 1.15 bits per heavy atom. The summed E-state index contributed by atoms with van der Waals surface area (Å²) in [5, 5.41) is 9.83. The summed E-state index contributed by atoms with van der Waals surface area (Å²) in [6.45, 7) is 4.32. The van der Waals surface area contributed by atoms with Gasteiger partial charge in [0.25, 0.3) is 5.56 Å². The fourth-order valence-electron chi connectivity index (χ4n) is 3.13. The molecule has 0 saturated heterocycles. The number of allylic oxidation sites excluding steroid dienone is 1. The van der Waals surface area contributed by atoms with E-state index in [1.54, 1.807) is 17.4 Å². The molecule has 2 N–H and O–H groups in total. The van der Waals surface area contributed by atoms with Crippen molar-refractivity contribution >= 4 is 56.6 Å². The number of nitrogens with zero attached hydrogens (tertiary/aromatic N) is 2. The first kappa shape index (κ1) is 23.0. The van der Waals surface area contributed by atoms with Crippen LogP contribution >= 0.6 is 34.4 Å². The van der Waals surface area contributed by atoms with Crippen LogP contribution in [0.1, 0.15) is 5.56 Å². The maximum Gasteiger partial charge on any atom is 0.321 e. The molecule has 0 spiro atoms. The molecule has 33 heavy (non-hydrogen) atoms. The van der Waals surface area contributed by atoms with Crippen LogP contribution in [0.3, 0.4) is 0 Å². The lowest BCUT2D eigenvalue weighted by molar-refractivity contribution is -0.117. The van der Waals surface area contributed by atoms with Crippen molar-refractivity contribution in [1.29, 1.82) is 0 Å². The average molecular weight is 497 g/mol. The maximum atomic E-state index is 13.3. The predicted molar refractivity (Wildman–Crippen MR) is 135 cm³/mol. The molecule has 3 heterocycles. The summed E-state index contributed by atoms with van der Waals surface area (Å²) in [6, 6.07) is 12.7. The number of nitrogens with one attached hydrogen (secondary N) is 2. The molecule has 0 aliphatic rings. The Morgan fingerprint density at radius 3 is 2.70 bits per heavy atom. The van der Waals surface area contributed by atoms with E-state index in [4.69, 9.17) is 0 Å². The van der Waals surface area contributed by atoms with Crippen molar-refractivity contribution in [3.8, 4) is 10.4 Å². The molecule has 10 heteroatoms. The van der Waals surface area contributed by atoms with Crippen molar-refractivity contribution in [3.63, 3.8) is 0 Å². The lowest BCUT2D eigenvalue weighted by Crippen LogP contribution is -2.40. The number of carbonyl (C=O) groups excluding carboxylic acids is 2. The Balaban J connectivity index is 1.46. The molecule has 0 bridgehead atoms. The number of imide groups is 1. The van der Waals surface area contributed by atoms with Crippen molar-refractivity contribution < 1.29 is 9.59 Å². The monoisotopic (exact) mass is 496 g/mol. The van der Waals surface area contributed by atoms with Crippen LogP contribution in [0.15, 0.2) is 75.8 Å². The highest BCUT2D eigenvalue weighted by molar-refractivity contribution is 7.99. The van der Waals surface area contributed by atoms with Gasteiger partial charge in [-0.1, -0.05) is 54.2 Å². The molecule has 0 aliphatic carbocycles. The summed E-state index contributed by atoms with van der Waals surface area (Å²) < 4.78 is 1.51. The number of fused-ring (bicyclic) bond motifs is 1. The quantitative estimate of drug-likeness (QED) is 0.213. The first-order valence-electron chi connectivity index (χ1n) is 9.98. The molecule has 168 valence electrons. The van der Waals surface area contributed by atoms with Crippen LogP contribution in [-0.4, -0.2) is 27.2 Å². The Labute approximate surface area is 202 Å². The van der Waals surface area contributed by atoms with E-state index in [1.165, 1.54) is 15.9 Å². The van der Waals surface area contributed by atoms with Crippen LogP contribution in [0, 0.1) is 0 Å². The normalized spacial score (nSPS) is 10.8. The second kappa shape index (κ2) is 10.6. The first-order chi connectivity index (χ1) is 16.1. The average Bonchev–Trinajstić information content (AvgIpc) is 3.49. The number of hydrogen-bond acceptors (Lipinski definition) is 7. The molecule has 3 aromatic heterocycles. The summed E-state index contributed by atoms with van der Waals surface area (Å²) >= 11 is 4.07. The zero-order chi connectivity index (χ0) is 23.2. The van der Waals surface area contributed by atoms with E-state index < -0.39 is 11.9 Å². The molecule has 0 radical (unpaired) electrons. The fraction of sp³-hybridized carbons (Fsp3) is 0.130. The van der Waals surface area contributed by atoms with Gasteiger partial charge in [-0.3, -0.25) is 19.5 Å². The highest BCUT2D eigenvalue weighted by atomic mass is 32.2. The van der Waals surface area contributed by atoms with Crippen LogP contribution in [0.4, 0.5) is 4.79 Å². The Morgan fingerprint density at radius 2 is 1.97 bits per heavy atom. The minimum atomic E-state index is -0.574. The number of thioether (sulfide) groups is 1. The third-order valence-electron chi connectivity index (χ3n) is 4.64. The molecule has 0 atom stereocenters. The van der Waals surface area contributed by atoms with Crippen LogP contribution in [0.25, 0.3) is 20.7 Å². The Bertz CT molecular complexity index is 1340. The lowest BCUT2D eigenvalue weighted by atomic mass is 10.2. The zero-order valence-corrected chi connectivity index (χ0v) is 19.9. The van der Waals surface area contributed by atoms with Crippen molar-refractivity contribution in [2.75, 3.05) is 5.75 Å². The van der Waals surface area contributed by atoms with Crippen molar-refractivity contribution in [2.24, 2.45) is 0 Å². The van der Waals surface area contributed by atoms with Crippen LogP contribution in [0.5, 0.6) is 0 Å². The van der Waals surface area contributed by atoms with Gasteiger partial charge >= 0.3 is 6.03 Å². The van der Waals surface area contributed by atoms with Crippen LogP contribution < -0.4 is 16.2 Å². The molecule has 0 aliphatic heterocycles. The third-order valence-corrected chi connectivity index (χ3v) is 7.39. The van der Waals surface area contributed by atoms with Crippen molar-refractivity contribution in [2.45, 2.75) is 18.2 Å². The van der Waals surface area contributed by atoms with Crippen LogP contribution in [0.2, 0.25) is 0 Å². The van der Waals surface area contributed by atoms with E-state index in [1.807, 2.05) is 53.2 Å². The molecule has 4 aromatic rings. The molecule has 1 aromatic carbocycles. The summed E-state index contributed by atoms with van der Waals surface area (Å²) in [5.41, 5.74) is 1.62. The molecule has 0 fully saturated rings. The third kappa shape index (κ3) is 5.41. The van der Waals surface area contributed by atoms with E-state index in [2.05, 4.69) is 22.2 Å². The van der Waals surface area contributed by atoms with Gasteiger partial charge < -0.3 is 5.32 Å². The second-order valence-corrected chi connectivity index (χ2v) is 9.66. The van der Waals surface area contributed by atoms with Crippen molar-refractivity contribution in [1.82, 2.24) is 20.2 Å². The maximum absolute atomic E-state index is 13.3. The van der Waals surface area contributed by atoms with Crippen molar-refractivity contribution in [3.05, 3.63) is 81.8 Å². The highest BCUT2D eigenvalue weighted by Crippen LogP contribution is 2.34. The Hall–Kier alpha value is -3.21. The Kier molecular flexibility index (Phi) is 7.38. The minimum absolute atomic E-state index is 0.0585. The topological polar surface area (TPSA) is 93.1 Å². The summed E-state index contributed by atoms with van der Waals surface area (Å²) in [6.07, 6.45) is 1.62. The highest BCUT2D eigenvalue weighted by Gasteiger charge is 2.18. The number of carbonyl (C=O) groups is 2. The predicted octanol–water partition coefficient (Wildman–Crippen LogP) is 4.49. The number of thiophene rings is 2. The zero-order valence-electron chi connectivity index (χ0n) is 17.4. The molecular weight excluding hydrogens is 476 g/mol. The van der Waals surface area contributed by atoms with E-state index in [-0.39, 0.29) is 17.9 Å². The van der Waals surface area contributed by atoms with Gasteiger partial charge in [-0.15, -0.1) is 29.3 Å². The smallest absolute Gasteiger partial charge is 0.321 e. The van der Waals surface area contributed by atoms with E-state index in [0.717, 1.165) is 27.8 Å². The molecular formula is C23H20N4O3S3. The first-order valence-corrected chi connectivity index (χ1v) is 12.7. The number of aromatic nitrogens is 2. The molecule has 3 amide bonds. The van der Waals surface area contributed by atoms with Gasteiger partial charge in [0.2, 0.25) is 5.91 Å². The lowest BCUT2D eigenvalue weighted by Gasteiger charge is -2.11. The second-order valence-electron chi connectivity index (χ2n) is 6.91. The number of rotatable bonds is 8. The summed E-state index contributed by atoms with van der Waals surface area (Å²) in [4.78, 5) is 43.8. The van der Waals surface area contributed by atoms with E-state index >= 15 is 0 Å². The fourth-order valence-corrected chi connectivity index (χ4v) is 5.75. The molecule has 4 rings (SSSR count). The SMILES string of the molecule is C=CCn1c(SCC(=O)NC(=O)NCc2ccccc2)nc2scc(-c3cccs3)c2c1=O. The number of benzene rings is 1.